The normalized spacial score (nSPS) is 14.4. The van der Waals surface area contributed by atoms with E-state index in [1.807, 2.05) is 159 Å². The summed E-state index contributed by atoms with van der Waals surface area (Å²) in [6.07, 6.45) is 0. The van der Waals surface area contributed by atoms with Crippen molar-refractivity contribution < 1.29 is 15.1 Å². The summed E-state index contributed by atoms with van der Waals surface area (Å²) in [7, 11) is 0. The molecule has 0 aliphatic heterocycles. The maximum absolute atomic E-state index is 10.5. The van der Waals surface area contributed by atoms with Gasteiger partial charge in [-0.3, -0.25) is 9.13 Å². The Morgan fingerprint density at radius 1 is 0.324 bits per heavy atom. The van der Waals surface area contributed by atoms with Crippen LogP contribution in [-0.2, 0) is 0 Å². The average Bonchev–Trinajstić information content (AvgIpc) is 2.37. The molecule has 0 aliphatic carbocycles. The summed E-state index contributed by atoms with van der Waals surface area (Å²) >= 11 is 1.61. The van der Waals surface area contributed by atoms with Gasteiger partial charge in [0.2, 0.25) is 11.9 Å². The molecule has 0 N–H and O–H groups in total. The first kappa shape index (κ1) is 29.5. The third kappa shape index (κ3) is 5.34. The number of benzene rings is 10. The maximum Gasteiger partial charge on any atom is 0.240 e. The highest BCUT2D eigenvalue weighted by Gasteiger charge is 2.28. The van der Waals surface area contributed by atoms with Crippen LogP contribution in [0.25, 0.3) is 142 Å². The van der Waals surface area contributed by atoms with Gasteiger partial charge in [0.1, 0.15) is 0 Å². The van der Waals surface area contributed by atoms with Gasteiger partial charge in [-0.15, -0.1) is 11.3 Å². The van der Waals surface area contributed by atoms with Crippen LogP contribution < -0.4 is 0 Å². The van der Waals surface area contributed by atoms with Crippen molar-refractivity contribution in [1.29, 1.82) is 0 Å². The topological polar surface area (TPSA) is 58.4 Å². The van der Waals surface area contributed by atoms with E-state index in [9.17, 15) is 9.60 Å². The number of hydrogen-bond donors (Lipinski definition) is 0. The van der Waals surface area contributed by atoms with Gasteiger partial charge >= 0.3 is 0 Å². The second-order valence-electron chi connectivity index (χ2n) is 17.5. The SMILES string of the molecule is [2H]c1c([2H])c(-n2c3c([2H])c([2H])c([2H])c([2H])c3c3c([2H])c([2H])c([2H])c([2H])c32)c(-c2nc(-n3c4ccccc4c4ccccc43)nc(-n3c4ccccc4c4ccccc43)n2)c(-n2c3ccccc3c3ccc4sc5ccccc5c4c32)c1[2H]. The van der Waals surface area contributed by atoms with Crippen LogP contribution in [0.5, 0.6) is 0 Å². The lowest BCUT2D eigenvalue weighted by Crippen LogP contribution is -2.12. The molecule has 0 aliphatic rings. The molecule has 0 amide bonds. The molecule has 0 atom stereocenters. The summed E-state index contributed by atoms with van der Waals surface area (Å²) in [6, 6.07) is 44.9. The standard InChI is InChI=1S/C63H37N7S/c1-9-26-47-38(18-1)39-19-2-10-27-48(39)67(47)54-33-17-34-55(68-49-28-11-7-24-44(49)45-36-37-57-58(60(45)68)46-25-8-16-35-56(46)71-57)59(54)61-64-62(69-50-29-12-3-20-40(50)41-21-4-13-30-51(41)69)66-63(65-61)70-52-31-14-5-22-42(52)43-23-6-15-32-53(43)70/h1-37H/i1D,2D,9D,10D,17D,18D,19D,26D,27D,33D,34D. The van der Waals surface area contributed by atoms with Crippen molar-refractivity contribution in [3.8, 4) is 34.7 Å². The lowest BCUT2D eigenvalue weighted by Gasteiger charge is -2.20. The van der Waals surface area contributed by atoms with Gasteiger partial charge in [0, 0.05) is 63.3 Å². The van der Waals surface area contributed by atoms with E-state index in [0.717, 1.165) is 74.6 Å². The Morgan fingerprint density at radius 2 is 0.761 bits per heavy atom. The van der Waals surface area contributed by atoms with Gasteiger partial charge in [0.15, 0.2) is 5.82 Å². The molecule has 0 saturated carbocycles. The van der Waals surface area contributed by atoms with Crippen molar-refractivity contribution in [3.63, 3.8) is 0 Å². The van der Waals surface area contributed by atoms with Crippen molar-refractivity contribution in [2.24, 2.45) is 0 Å². The summed E-state index contributed by atoms with van der Waals surface area (Å²) in [5.41, 5.74) is 3.42. The van der Waals surface area contributed by atoms with E-state index in [1.54, 1.807) is 11.3 Å². The minimum absolute atomic E-state index is 0.0224. The Hall–Kier alpha value is -9.37. The molecule has 7 nitrogen and oxygen atoms in total. The van der Waals surface area contributed by atoms with Gasteiger partial charge in [-0.1, -0.05) is 158 Å². The molecule has 16 aromatic rings. The third-order valence-corrected chi connectivity index (χ3v) is 15.0. The number of nitrogens with zero attached hydrogens (tertiary/aromatic N) is 7. The summed E-state index contributed by atoms with van der Waals surface area (Å²) in [4.78, 5) is 16.4. The molecule has 330 valence electrons. The second kappa shape index (κ2) is 14.6. The van der Waals surface area contributed by atoms with E-state index < -0.39 is 66.5 Å². The van der Waals surface area contributed by atoms with Crippen LogP contribution in [-0.4, -0.2) is 33.2 Å². The van der Waals surface area contributed by atoms with E-state index in [4.69, 9.17) is 20.4 Å². The molecule has 0 bridgehead atoms. The molecule has 0 unspecified atom stereocenters. The molecular weight excluding hydrogens is 887 g/mol. The van der Waals surface area contributed by atoms with Crippen molar-refractivity contribution in [3.05, 3.63) is 224 Å². The zero-order chi connectivity index (χ0) is 55.9. The molecule has 71 heavy (non-hydrogen) atoms. The smallest absolute Gasteiger partial charge is 0.240 e. The zero-order valence-electron chi connectivity index (χ0n) is 48.0. The van der Waals surface area contributed by atoms with Crippen LogP contribution in [0.15, 0.2) is 224 Å². The van der Waals surface area contributed by atoms with Gasteiger partial charge in [0.05, 0.1) is 76.2 Å². The van der Waals surface area contributed by atoms with Crippen molar-refractivity contribution in [2.75, 3.05) is 0 Å². The lowest BCUT2D eigenvalue weighted by molar-refractivity contribution is 0.891. The van der Waals surface area contributed by atoms with Crippen LogP contribution in [0.1, 0.15) is 15.1 Å². The molecule has 0 fully saturated rings. The highest BCUT2D eigenvalue weighted by Crippen LogP contribution is 2.46. The minimum Gasteiger partial charge on any atom is -0.308 e. The molecule has 0 spiro atoms. The molecule has 0 radical (unpaired) electrons. The Kier molecular flexibility index (Phi) is 6.06. The molecule has 6 heterocycles. The van der Waals surface area contributed by atoms with Crippen LogP contribution in [0.2, 0.25) is 0 Å². The monoisotopic (exact) mass is 934 g/mol. The van der Waals surface area contributed by atoms with Crippen LogP contribution in [0.3, 0.4) is 0 Å². The molecule has 0 saturated heterocycles. The van der Waals surface area contributed by atoms with Crippen LogP contribution >= 0.6 is 11.3 Å². The average molecular weight is 935 g/mol. The van der Waals surface area contributed by atoms with Gasteiger partial charge in [-0.25, -0.2) is 0 Å². The first-order valence-electron chi connectivity index (χ1n) is 28.6. The Labute approximate surface area is 424 Å². The number of para-hydroxylation sites is 7. The highest BCUT2D eigenvalue weighted by molar-refractivity contribution is 7.26. The molecule has 10 aromatic carbocycles. The fourth-order valence-electron chi connectivity index (χ4n) is 11.0. The van der Waals surface area contributed by atoms with Gasteiger partial charge in [-0.2, -0.15) is 15.0 Å². The van der Waals surface area contributed by atoms with E-state index >= 15 is 0 Å². The largest absolute Gasteiger partial charge is 0.308 e. The maximum atomic E-state index is 10.5. The van der Waals surface area contributed by atoms with Gasteiger partial charge in [0.25, 0.3) is 0 Å². The lowest BCUT2D eigenvalue weighted by atomic mass is 10.1. The fourth-order valence-corrected chi connectivity index (χ4v) is 12.1. The van der Waals surface area contributed by atoms with Gasteiger partial charge in [-0.05, 0) is 66.6 Å². The number of rotatable bonds is 5. The molecule has 6 aromatic heterocycles. The molecule has 16 rings (SSSR count). The van der Waals surface area contributed by atoms with E-state index in [0.29, 0.717) is 11.0 Å². The summed E-state index contributed by atoms with van der Waals surface area (Å²) < 4.78 is 114. The quantitative estimate of drug-likeness (QED) is 0.173. The van der Waals surface area contributed by atoms with Crippen LogP contribution in [0, 0.1) is 0 Å². The first-order chi connectivity index (χ1) is 39.8. The first-order valence-corrected chi connectivity index (χ1v) is 23.9. The molecular formula is C63H37N7S. The number of thiophene rings is 1. The zero-order valence-corrected chi connectivity index (χ0v) is 37.9. The summed E-state index contributed by atoms with van der Waals surface area (Å²) in [5.74, 6) is 0.132. The van der Waals surface area contributed by atoms with Crippen LogP contribution in [0.4, 0.5) is 0 Å². The Balaban J connectivity index is 1.20. The number of hydrogen-bond acceptors (Lipinski definition) is 4. The van der Waals surface area contributed by atoms with Crippen molar-refractivity contribution in [2.45, 2.75) is 0 Å². The van der Waals surface area contributed by atoms with Gasteiger partial charge < -0.3 is 9.13 Å². The Morgan fingerprint density at radius 3 is 1.30 bits per heavy atom. The number of fused-ring (bicyclic) bond motifs is 16. The molecule has 8 heteroatoms. The number of aromatic nitrogens is 7. The predicted molar refractivity (Wildman–Crippen MR) is 296 cm³/mol. The van der Waals surface area contributed by atoms with E-state index in [1.165, 1.54) is 4.57 Å². The summed E-state index contributed by atoms with van der Waals surface area (Å²) in [5, 5.41) is 6.59. The third-order valence-electron chi connectivity index (χ3n) is 13.9. The summed E-state index contributed by atoms with van der Waals surface area (Å²) in [6.45, 7) is 0. The van der Waals surface area contributed by atoms with Crippen molar-refractivity contribution >= 4 is 119 Å². The fraction of sp³-hybridized carbons (Fsp3) is 0. The van der Waals surface area contributed by atoms with Crippen molar-refractivity contribution in [1.82, 2.24) is 33.2 Å². The Bertz CT molecular complexity index is 5270. The minimum atomic E-state index is -0.662. The highest BCUT2D eigenvalue weighted by atomic mass is 32.1. The second-order valence-corrected chi connectivity index (χ2v) is 18.6. The van der Waals surface area contributed by atoms with E-state index in [2.05, 4.69) is 12.1 Å². The predicted octanol–water partition coefficient (Wildman–Crippen LogP) is 16.3. The van der Waals surface area contributed by atoms with E-state index in [-0.39, 0.29) is 56.5 Å².